The molecule has 11 heteroatoms. The molecule has 3 aromatic rings. The molecule has 230 valence electrons. The minimum absolute atomic E-state index is 0.0121. The van der Waals surface area contributed by atoms with E-state index in [2.05, 4.69) is 5.32 Å². The van der Waals surface area contributed by atoms with Gasteiger partial charge in [-0.05, 0) is 87.0 Å². The van der Waals surface area contributed by atoms with Gasteiger partial charge in [-0.2, -0.15) is 0 Å². The molecular formula is C32H38FN3O5S2. The van der Waals surface area contributed by atoms with Crippen molar-refractivity contribution in [3.63, 3.8) is 0 Å². The van der Waals surface area contributed by atoms with Crippen LogP contribution in [0.3, 0.4) is 0 Å². The normalized spacial score (nSPS) is 14.2. The molecule has 0 heterocycles. The summed E-state index contributed by atoms with van der Waals surface area (Å²) in [5.41, 5.74) is 0.809. The van der Waals surface area contributed by atoms with Crippen molar-refractivity contribution >= 4 is 39.3 Å². The average molecular weight is 628 g/mol. The molecule has 0 saturated heterocycles. The molecule has 1 N–H and O–H groups in total. The van der Waals surface area contributed by atoms with Gasteiger partial charge in [-0.3, -0.25) is 13.9 Å². The molecule has 4 rings (SSSR count). The zero-order valence-corrected chi connectivity index (χ0v) is 26.3. The number of halogens is 1. The molecule has 1 aliphatic rings. The van der Waals surface area contributed by atoms with E-state index in [0.717, 1.165) is 34.9 Å². The first-order valence-corrected chi connectivity index (χ1v) is 17.0. The van der Waals surface area contributed by atoms with Crippen LogP contribution in [0.1, 0.15) is 45.1 Å². The van der Waals surface area contributed by atoms with E-state index >= 15 is 0 Å². The summed E-state index contributed by atoms with van der Waals surface area (Å²) in [5, 5.41) is 3.04. The van der Waals surface area contributed by atoms with E-state index in [0.29, 0.717) is 11.3 Å². The first-order valence-electron chi connectivity index (χ1n) is 14.4. The van der Waals surface area contributed by atoms with Crippen LogP contribution in [0, 0.1) is 5.82 Å². The fraction of sp³-hybridized carbons (Fsp3) is 0.375. The zero-order valence-electron chi connectivity index (χ0n) is 24.7. The lowest BCUT2D eigenvalue weighted by Crippen LogP contribution is -2.52. The average Bonchev–Trinajstić information content (AvgIpc) is 3.52. The summed E-state index contributed by atoms with van der Waals surface area (Å²) >= 11 is 1.48. The van der Waals surface area contributed by atoms with Crippen molar-refractivity contribution in [1.29, 1.82) is 0 Å². The molecule has 0 bridgehead atoms. The number of ether oxygens (including phenoxy) is 1. The van der Waals surface area contributed by atoms with Gasteiger partial charge in [0.05, 0.1) is 17.2 Å². The zero-order chi connectivity index (χ0) is 31.0. The quantitative estimate of drug-likeness (QED) is 0.247. The highest BCUT2D eigenvalue weighted by atomic mass is 32.2. The Balaban J connectivity index is 1.72. The van der Waals surface area contributed by atoms with Gasteiger partial charge >= 0.3 is 0 Å². The molecule has 2 amide bonds. The maximum Gasteiger partial charge on any atom is 0.264 e. The Morgan fingerprint density at radius 1 is 1.02 bits per heavy atom. The van der Waals surface area contributed by atoms with Crippen molar-refractivity contribution in [2.24, 2.45) is 0 Å². The van der Waals surface area contributed by atoms with Crippen LogP contribution < -0.4 is 14.4 Å². The Labute approximate surface area is 257 Å². The molecule has 0 aromatic heterocycles. The molecule has 0 radical (unpaired) electrons. The van der Waals surface area contributed by atoms with Crippen LogP contribution in [0.4, 0.5) is 10.1 Å². The van der Waals surface area contributed by atoms with Crippen LogP contribution in [-0.2, 0) is 26.2 Å². The Kier molecular flexibility index (Phi) is 11.1. The smallest absolute Gasteiger partial charge is 0.264 e. The molecule has 3 aromatic carbocycles. The molecule has 8 nitrogen and oxygen atoms in total. The Morgan fingerprint density at radius 2 is 1.67 bits per heavy atom. The summed E-state index contributed by atoms with van der Waals surface area (Å²) in [7, 11) is -4.25. The number of carbonyl (C=O) groups excluding carboxylic acids is 2. The van der Waals surface area contributed by atoms with Gasteiger partial charge in [0.15, 0.2) is 0 Å². The first-order chi connectivity index (χ1) is 20.6. The van der Waals surface area contributed by atoms with Crippen molar-refractivity contribution in [2.75, 3.05) is 23.7 Å². The minimum atomic E-state index is -4.25. The second kappa shape index (κ2) is 14.7. The number of sulfonamides is 1. The molecule has 1 atom stereocenters. The fourth-order valence-electron chi connectivity index (χ4n) is 5.09. The second-order valence-electron chi connectivity index (χ2n) is 10.4. The monoisotopic (exact) mass is 627 g/mol. The van der Waals surface area contributed by atoms with E-state index in [1.165, 1.54) is 40.9 Å². The number of rotatable bonds is 13. The van der Waals surface area contributed by atoms with E-state index in [1.54, 1.807) is 62.4 Å². The lowest BCUT2D eigenvalue weighted by atomic mass is 10.1. The van der Waals surface area contributed by atoms with Crippen LogP contribution >= 0.6 is 11.8 Å². The largest absolute Gasteiger partial charge is 0.492 e. The van der Waals surface area contributed by atoms with E-state index in [1.807, 2.05) is 6.26 Å². The van der Waals surface area contributed by atoms with Crippen molar-refractivity contribution in [1.82, 2.24) is 10.2 Å². The molecule has 1 aliphatic carbocycles. The number of hydrogen-bond acceptors (Lipinski definition) is 6. The van der Waals surface area contributed by atoms with Crippen LogP contribution in [0.25, 0.3) is 0 Å². The Hall–Kier alpha value is -3.57. The Morgan fingerprint density at radius 3 is 2.30 bits per heavy atom. The molecule has 1 fully saturated rings. The van der Waals surface area contributed by atoms with Crippen LogP contribution in [0.2, 0.25) is 0 Å². The van der Waals surface area contributed by atoms with Gasteiger partial charge < -0.3 is 15.0 Å². The van der Waals surface area contributed by atoms with Crippen LogP contribution in [0.15, 0.2) is 82.6 Å². The maximum absolute atomic E-state index is 14.2. The van der Waals surface area contributed by atoms with Gasteiger partial charge in [-0.1, -0.05) is 37.1 Å². The third kappa shape index (κ3) is 8.08. The Bertz CT molecular complexity index is 1490. The summed E-state index contributed by atoms with van der Waals surface area (Å²) in [6.45, 7) is 3.11. The first kappa shape index (κ1) is 32.3. The lowest BCUT2D eigenvalue weighted by Gasteiger charge is -2.33. The van der Waals surface area contributed by atoms with E-state index < -0.39 is 34.3 Å². The molecule has 1 saturated carbocycles. The van der Waals surface area contributed by atoms with Gasteiger partial charge in [-0.25, -0.2) is 12.8 Å². The lowest BCUT2D eigenvalue weighted by molar-refractivity contribution is -0.139. The SMILES string of the molecule is CCOc1ccccc1N(CC(=O)N(Cc1ccc(F)cc1)C(C)C(=O)NC1CCCC1)S(=O)(=O)c1ccc(SC)cc1. The van der Waals surface area contributed by atoms with Crippen molar-refractivity contribution in [3.8, 4) is 5.75 Å². The van der Waals surface area contributed by atoms with Gasteiger partial charge in [0.25, 0.3) is 10.0 Å². The topological polar surface area (TPSA) is 96.0 Å². The van der Waals surface area contributed by atoms with Gasteiger partial charge in [0.2, 0.25) is 11.8 Å². The van der Waals surface area contributed by atoms with Crippen molar-refractivity contribution in [2.45, 2.75) is 68.0 Å². The van der Waals surface area contributed by atoms with Crippen molar-refractivity contribution in [3.05, 3.63) is 84.2 Å². The fourth-order valence-corrected chi connectivity index (χ4v) is 6.92. The summed E-state index contributed by atoms with van der Waals surface area (Å²) < 4.78 is 48.8. The summed E-state index contributed by atoms with van der Waals surface area (Å²) in [5.74, 6) is -1.03. The molecular weight excluding hydrogens is 590 g/mol. The highest BCUT2D eigenvalue weighted by molar-refractivity contribution is 7.98. The number of amides is 2. The highest BCUT2D eigenvalue weighted by Gasteiger charge is 2.34. The van der Waals surface area contributed by atoms with Crippen molar-refractivity contribution < 1.29 is 27.1 Å². The van der Waals surface area contributed by atoms with E-state index in [-0.39, 0.29) is 35.7 Å². The third-order valence-corrected chi connectivity index (χ3v) is 10.0. The second-order valence-corrected chi connectivity index (χ2v) is 13.1. The standard InChI is InChI=1S/C32H38FN3O5S2/c1-4-41-30-12-8-7-11-29(30)36(43(39,40)28-19-17-27(42-3)18-20-28)22-31(37)35(21-24-13-15-25(33)16-14-24)23(2)32(38)34-26-9-5-6-10-26/h7-8,11-20,23,26H,4-6,9-10,21-22H2,1-3H3,(H,34,38). The van der Waals surface area contributed by atoms with E-state index in [4.69, 9.17) is 4.74 Å². The number of nitrogens with zero attached hydrogens (tertiary/aromatic N) is 2. The number of hydrogen-bond donors (Lipinski definition) is 1. The van der Waals surface area contributed by atoms with Crippen LogP contribution in [-0.4, -0.2) is 56.6 Å². The van der Waals surface area contributed by atoms with Gasteiger partial charge in [-0.15, -0.1) is 11.8 Å². The predicted molar refractivity (Wildman–Crippen MR) is 167 cm³/mol. The minimum Gasteiger partial charge on any atom is -0.492 e. The number of thioether (sulfide) groups is 1. The number of para-hydroxylation sites is 2. The maximum atomic E-state index is 14.2. The summed E-state index contributed by atoms with van der Waals surface area (Å²) in [4.78, 5) is 29.7. The number of carbonyl (C=O) groups is 2. The van der Waals surface area contributed by atoms with E-state index in [9.17, 15) is 22.4 Å². The van der Waals surface area contributed by atoms with Gasteiger partial charge in [0.1, 0.15) is 24.2 Å². The molecule has 0 aliphatic heterocycles. The number of nitrogens with one attached hydrogen (secondary N) is 1. The molecule has 1 unspecified atom stereocenters. The highest BCUT2D eigenvalue weighted by Crippen LogP contribution is 2.33. The summed E-state index contributed by atoms with van der Waals surface area (Å²) in [6, 6.07) is 17.9. The molecule has 43 heavy (non-hydrogen) atoms. The summed E-state index contributed by atoms with van der Waals surface area (Å²) in [6.07, 6.45) is 5.70. The number of benzene rings is 3. The van der Waals surface area contributed by atoms with Gasteiger partial charge in [0, 0.05) is 17.5 Å². The molecule has 0 spiro atoms. The third-order valence-electron chi connectivity index (χ3n) is 7.50. The number of anilines is 1. The van der Waals surface area contributed by atoms with Crippen LogP contribution in [0.5, 0.6) is 5.75 Å². The predicted octanol–water partition coefficient (Wildman–Crippen LogP) is 5.62.